The maximum Gasteiger partial charge on any atom is 0.277 e. The van der Waals surface area contributed by atoms with Crippen molar-refractivity contribution in [1.82, 2.24) is 4.98 Å². The zero-order valence-electron chi connectivity index (χ0n) is 10.3. The number of hydrogen-bond acceptors (Lipinski definition) is 5. The van der Waals surface area contributed by atoms with Crippen LogP contribution >= 0.6 is 0 Å². The fourth-order valence-electron chi connectivity index (χ4n) is 1.43. The number of aromatic nitrogens is 1. The second kappa shape index (κ2) is 6.15. The van der Waals surface area contributed by atoms with E-state index in [0.29, 0.717) is 30.5 Å². The molecular weight excluding hydrogens is 222 g/mol. The van der Waals surface area contributed by atoms with Gasteiger partial charge >= 0.3 is 0 Å². The monoisotopic (exact) mass is 239 g/mol. The van der Waals surface area contributed by atoms with E-state index >= 15 is 0 Å². The molecule has 1 atom stereocenters. The highest BCUT2D eigenvalue weighted by atomic mass is 16.6. The molecule has 0 aromatic carbocycles. The SMILES string of the molecule is COCC(C)CNc1cc([N+](=O)[O-])c(C)cn1. The third-order valence-electron chi connectivity index (χ3n) is 2.35. The van der Waals surface area contributed by atoms with E-state index in [0.717, 1.165) is 0 Å². The Morgan fingerprint density at radius 2 is 2.35 bits per heavy atom. The van der Waals surface area contributed by atoms with Crippen LogP contribution in [-0.4, -0.2) is 30.2 Å². The normalized spacial score (nSPS) is 12.2. The second-order valence-corrected chi connectivity index (χ2v) is 4.05. The smallest absolute Gasteiger partial charge is 0.277 e. The number of nitrogens with zero attached hydrogens (tertiary/aromatic N) is 2. The molecule has 0 aliphatic carbocycles. The molecule has 0 saturated carbocycles. The van der Waals surface area contributed by atoms with Crippen LogP contribution in [0.25, 0.3) is 0 Å². The molecule has 1 N–H and O–H groups in total. The van der Waals surface area contributed by atoms with Gasteiger partial charge in [0, 0.05) is 25.4 Å². The third-order valence-corrected chi connectivity index (χ3v) is 2.35. The van der Waals surface area contributed by atoms with E-state index in [9.17, 15) is 10.1 Å². The van der Waals surface area contributed by atoms with Crippen LogP contribution in [0.2, 0.25) is 0 Å². The first kappa shape index (κ1) is 13.4. The Hall–Kier alpha value is -1.69. The highest BCUT2D eigenvalue weighted by molar-refractivity contribution is 5.48. The van der Waals surface area contributed by atoms with Crippen LogP contribution in [0.15, 0.2) is 12.3 Å². The highest BCUT2D eigenvalue weighted by Crippen LogP contribution is 2.19. The highest BCUT2D eigenvalue weighted by Gasteiger charge is 2.12. The average molecular weight is 239 g/mol. The van der Waals surface area contributed by atoms with Crippen LogP contribution in [0.5, 0.6) is 0 Å². The molecular formula is C11H17N3O3. The molecule has 1 rings (SSSR count). The number of nitrogens with one attached hydrogen (secondary N) is 1. The van der Waals surface area contributed by atoms with Crippen LogP contribution < -0.4 is 5.32 Å². The summed E-state index contributed by atoms with van der Waals surface area (Å²) in [5.74, 6) is 0.840. The van der Waals surface area contributed by atoms with Crippen LogP contribution in [-0.2, 0) is 4.74 Å². The summed E-state index contributed by atoms with van der Waals surface area (Å²) in [4.78, 5) is 14.4. The summed E-state index contributed by atoms with van der Waals surface area (Å²) in [5.41, 5.74) is 0.646. The van der Waals surface area contributed by atoms with E-state index in [2.05, 4.69) is 10.3 Å². The quantitative estimate of drug-likeness (QED) is 0.606. The first-order valence-corrected chi connectivity index (χ1v) is 5.38. The lowest BCUT2D eigenvalue weighted by Crippen LogP contribution is -2.16. The average Bonchev–Trinajstić information content (AvgIpc) is 2.28. The number of aryl methyl sites for hydroxylation is 1. The summed E-state index contributed by atoms with van der Waals surface area (Å²) in [6, 6.07) is 1.45. The van der Waals surface area contributed by atoms with Crippen molar-refractivity contribution in [3.05, 3.63) is 27.9 Å². The minimum Gasteiger partial charge on any atom is -0.384 e. The molecule has 17 heavy (non-hydrogen) atoms. The predicted octanol–water partition coefficient (Wildman–Crippen LogP) is 1.99. The number of pyridine rings is 1. The van der Waals surface area contributed by atoms with Crippen molar-refractivity contribution in [2.45, 2.75) is 13.8 Å². The van der Waals surface area contributed by atoms with Gasteiger partial charge in [-0.2, -0.15) is 0 Å². The standard InChI is InChI=1S/C11H17N3O3/c1-8(7-17-3)5-12-11-4-10(14(15)16)9(2)6-13-11/h4,6,8H,5,7H2,1-3H3,(H,12,13). The van der Waals surface area contributed by atoms with Gasteiger partial charge in [0.25, 0.3) is 5.69 Å². The van der Waals surface area contributed by atoms with E-state index in [4.69, 9.17) is 4.74 Å². The molecule has 1 aromatic heterocycles. The summed E-state index contributed by atoms with van der Waals surface area (Å²) >= 11 is 0. The van der Waals surface area contributed by atoms with Gasteiger partial charge in [0.05, 0.1) is 17.6 Å². The number of hydrogen-bond donors (Lipinski definition) is 1. The summed E-state index contributed by atoms with van der Waals surface area (Å²) in [7, 11) is 1.64. The molecule has 6 nitrogen and oxygen atoms in total. The Morgan fingerprint density at radius 3 is 2.94 bits per heavy atom. The molecule has 0 saturated heterocycles. The lowest BCUT2D eigenvalue weighted by molar-refractivity contribution is -0.385. The Kier molecular flexibility index (Phi) is 4.84. The molecule has 0 fully saturated rings. The summed E-state index contributed by atoms with van der Waals surface area (Å²) in [6.45, 7) is 5.00. The summed E-state index contributed by atoms with van der Waals surface area (Å²) < 4.78 is 5.00. The second-order valence-electron chi connectivity index (χ2n) is 4.05. The predicted molar refractivity (Wildman–Crippen MR) is 65.2 cm³/mol. The zero-order chi connectivity index (χ0) is 12.8. The molecule has 0 radical (unpaired) electrons. The van der Waals surface area contributed by atoms with Crippen molar-refractivity contribution in [3.63, 3.8) is 0 Å². The minimum absolute atomic E-state index is 0.0851. The Bertz CT molecular complexity index is 396. The molecule has 0 aliphatic heterocycles. The van der Waals surface area contributed by atoms with Gasteiger partial charge in [0.2, 0.25) is 0 Å². The van der Waals surface area contributed by atoms with E-state index < -0.39 is 4.92 Å². The van der Waals surface area contributed by atoms with Crippen molar-refractivity contribution in [1.29, 1.82) is 0 Å². The Labute approximate surface area is 100 Å². The van der Waals surface area contributed by atoms with Gasteiger partial charge in [0.1, 0.15) is 5.82 Å². The first-order valence-electron chi connectivity index (χ1n) is 5.38. The van der Waals surface area contributed by atoms with Crippen LogP contribution in [0.1, 0.15) is 12.5 Å². The zero-order valence-corrected chi connectivity index (χ0v) is 10.3. The fourth-order valence-corrected chi connectivity index (χ4v) is 1.43. The van der Waals surface area contributed by atoms with Gasteiger partial charge in [-0.3, -0.25) is 10.1 Å². The fraction of sp³-hybridized carbons (Fsp3) is 0.545. The largest absolute Gasteiger partial charge is 0.384 e. The molecule has 0 bridgehead atoms. The molecule has 1 aromatic rings. The molecule has 0 spiro atoms. The number of methoxy groups -OCH3 is 1. The van der Waals surface area contributed by atoms with Crippen molar-refractivity contribution < 1.29 is 9.66 Å². The molecule has 94 valence electrons. The maximum absolute atomic E-state index is 10.7. The maximum atomic E-state index is 10.7. The molecule has 0 aliphatic rings. The Balaban J connectivity index is 2.66. The summed E-state index contributed by atoms with van der Waals surface area (Å²) in [5, 5.41) is 13.8. The van der Waals surface area contributed by atoms with Gasteiger partial charge in [-0.15, -0.1) is 0 Å². The topological polar surface area (TPSA) is 77.3 Å². The third kappa shape index (κ3) is 3.99. The number of ether oxygens (including phenoxy) is 1. The van der Waals surface area contributed by atoms with E-state index in [1.54, 1.807) is 14.0 Å². The lowest BCUT2D eigenvalue weighted by atomic mass is 10.2. The molecule has 6 heteroatoms. The van der Waals surface area contributed by atoms with Gasteiger partial charge in [-0.1, -0.05) is 6.92 Å². The molecule has 1 heterocycles. The number of anilines is 1. The van der Waals surface area contributed by atoms with Crippen molar-refractivity contribution in [2.24, 2.45) is 5.92 Å². The van der Waals surface area contributed by atoms with Gasteiger partial charge in [0.15, 0.2) is 0 Å². The molecule has 1 unspecified atom stereocenters. The first-order chi connectivity index (χ1) is 8.04. The van der Waals surface area contributed by atoms with Crippen LogP contribution in [0.3, 0.4) is 0 Å². The van der Waals surface area contributed by atoms with E-state index in [-0.39, 0.29) is 5.69 Å². The molecule has 0 amide bonds. The summed E-state index contributed by atoms with van der Waals surface area (Å²) in [6.07, 6.45) is 1.50. The minimum atomic E-state index is -0.402. The van der Waals surface area contributed by atoms with Gasteiger partial charge in [-0.25, -0.2) is 4.98 Å². The van der Waals surface area contributed by atoms with E-state index in [1.165, 1.54) is 12.3 Å². The van der Waals surface area contributed by atoms with Gasteiger partial charge < -0.3 is 10.1 Å². The van der Waals surface area contributed by atoms with Crippen molar-refractivity contribution in [3.8, 4) is 0 Å². The van der Waals surface area contributed by atoms with E-state index in [1.807, 2.05) is 6.92 Å². The number of nitro groups is 1. The van der Waals surface area contributed by atoms with Gasteiger partial charge in [-0.05, 0) is 12.8 Å². The lowest BCUT2D eigenvalue weighted by Gasteiger charge is -2.11. The van der Waals surface area contributed by atoms with Crippen molar-refractivity contribution >= 4 is 11.5 Å². The van der Waals surface area contributed by atoms with Crippen LogP contribution in [0.4, 0.5) is 11.5 Å². The number of rotatable bonds is 6. The Morgan fingerprint density at radius 1 is 1.65 bits per heavy atom. The van der Waals surface area contributed by atoms with Crippen molar-refractivity contribution in [2.75, 3.05) is 25.6 Å². The van der Waals surface area contributed by atoms with Crippen LogP contribution in [0, 0.1) is 23.0 Å².